The van der Waals surface area contributed by atoms with Crippen LogP contribution < -0.4 is 5.73 Å². The first-order valence-electron chi connectivity index (χ1n) is 5.24. The lowest BCUT2D eigenvalue weighted by Crippen LogP contribution is -2.15. The van der Waals surface area contributed by atoms with Crippen LogP contribution in [0, 0.1) is 5.92 Å². The lowest BCUT2D eigenvalue weighted by atomic mass is 9.98. The van der Waals surface area contributed by atoms with Crippen molar-refractivity contribution in [3.8, 4) is 0 Å². The van der Waals surface area contributed by atoms with E-state index < -0.39 is 0 Å². The number of halogens is 1. The van der Waals surface area contributed by atoms with Crippen molar-refractivity contribution in [3.63, 3.8) is 0 Å². The van der Waals surface area contributed by atoms with Gasteiger partial charge in [-0.2, -0.15) is 0 Å². The van der Waals surface area contributed by atoms with Gasteiger partial charge in [0, 0.05) is 10.5 Å². The molecule has 0 saturated heterocycles. The summed E-state index contributed by atoms with van der Waals surface area (Å²) in [4.78, 5) is 0. The second-order valence-electron chi connectivity index (χ2n) is 4.23. The molecule has 1 aliphatic carbocycles. The number of nitrogens with two attached hydrogens (primary N) is 1. The van der Waals surface area contributed by atoms with Crippen molar-refractivity contribution in [2.24, 2.45) is 11.7 Å². The molecule has 14 heavy (non-hydrogen) atoms. The lowest BCUT2D eigenvalue weighted by Gasteiger charge is -2.10. The predicted molar refractivity (Wildman–Crippen MR) is 63.2 cm³/mol. The van der Waals surface area contributed by atoms with Crippen LogP contribution >= 0.6 is 15.9 Å². The van der Waals surface area contributed by atoms with Gasteiger partial charge in [-0.05, 0) is 43.2 Å². The quantitative estimate of drug-likeness (QED) is 0.862. The molecule has 1 aromatic rings. The minimum Gasteiger partial charge on any atom is -0.328 e. The average molecular weight is 254 g/mol. The number of hydrogen-bond donors (Lipinski definition) is 1. The molecule has 0 spiro atoms. The Balaban J connectivity index is 2.01. The van der Waals surface area contributed by atoms with Gasteiger partial charge >= 0.3 is 0 Å². The van der Waals surface area contributed by atoms with Crippen LogP contribution in [-0.2, 0) is 6.42 Å². The fourth-order valence-electron chi connectivity index (χ4n) is 2.27. The summed E-state index contributed by atoms with van der Waals surface area (Å²) in [6.45, 7) is 0. The molecule has 2 heteroatoms. The van der Waals surface area contributed by atoms with E-state index >= 15 is 0 Å². The maximum Gasteiger partial charge on any atom is 0.0207 e. The van der Waals surface area contributed by atoms with Gasteiger partial charge in [-0.15, -0.1) is 0 Å². The Bertz CT molecular complexity index is 311. The molecule has 0 amide bonds. The van der Waals surface area contributed by atoms with E-state index in [0.29, 0.717) is 6.04 Å². The molecule has 0 radical (unpaired) electrons. The van der Waals surface area contributed by atoms with Crippen molar-refractivity contribution in [3.05, 3.63) is 34.3 Å². The van der Waals surface area contributed by atoms with Crippen molar-refractivity contribution < 1.29 is 0 Å². The first-order chi connectivity index (χ1) is 6.75. The van der Waals surface area contributed by atoms with Crippen LogP contribution in [0.25, 0.3) is 0 Å². The van der Waals surface area contributed by atoms with Crippen molar-refractivity contribution in [1.29, 1.82) is 0 Å². The monoisotopic (exact) mass is 253 g/mol. The predicted octanol–water partition coefficient (Wildman–Crippen LogP) is 3.12. The fraction of sp³-hybridized carbons (Fsp3) is 0.500. The Hall–Kier alpha value is -0.340. The number of hydrogen-bond acceptors (Lipinski definition) is 1. The van der Waals surface area contributed by atoms with Gasteiger partial charge in [-0.1, -0.05) is 34.1 Å². The summed E-state index contributed by atoms with van der Waals surface area (Å²) in [6.07, 6.45) is 4.87. The highest BCUT2D eigenvalue weighted by Gasteiger charge is 2.22. The minimum absolute atomic E-state index is 0.447. The Morgan fingerprint density at radius 2 is 2.07 bits per heavy atom. The van der Waals surface area contributed by atoms with Gasteiger partial charge < -0.3 is 5.73 Å². The van der Waals surface area contributed by atoms with Gasteiger partial charge in [-0.3, -0.25) is 0 Å². The van der Waals surface area contributed by atoms with Crippen LogP contribution in [0.3, 0.4) is 0 Å². The molecular formula is C12H16BrN. The van der Waals surface area contributed by atoms with E-state index in [1.165, 1.54) is 35.7 Å². The average Bonchev–Trinajstić information content (AvgIpc) is 2.56. The smallest absolute Gasteiger partial charge is 0.0207 e. The van der Waals surface area contributed by atoms with E-state index in [0.717, 1.165) is 5.92 Å². The first kappa shape index (κ1) is 10.2. The highest BCUT2D eigenvalue weighted by molar-refractivity contribution is 9.10. The summed E-state index contributed by atoms with van der Waals surface area (Å²) in [5, 5.41) is 0. The molecule has 2 atom stereocenters. The molecule has 1 aliphatic rings. The molecular weight excluding hydrogens is 238 g/mol. The summed E-state index contributed by atoms with van der Waals surface area (Å²) in [7, 11) is 0. The van der Waals surface area contributed by atoms with E-state index in [9.17, 15) is 0 Å². The number of rotatable bonds is 2. The summed E-state index contributed by atoms with van der Waals surface area (Å²) < 4.78 is 1.24. The van der Waals surface area contributed by atoms with Gasteiger partial charge in [0.2, 0.25) is 0 Å². The molecule has 0 aliphatic heterocycles. The van der Waals surface area contributed by atoms with E-state index in [2.05, 4.69) is 40.2 Å². The molecule has 1 fully saturated rings. The normalized spacial score (nSPS) is 26.7. The third kappa shape index (κ3) is 2.37. The maximum atomic E-state index is 5.91. The largest absolute Gasteiger partial charge is 0.328 e. The first-order valence-corrected chi connectivity index (χ1v) is 6.04. The zero-order chi connectivity index (χ0) is 9.97. The van der Waals surface area contributed by atoms with Crippen LogP contribution in [-0.4, -0.2) is 6.04 Å². The molecule has 2 rings (SSSR count). The third-order valence-electron chi connectivity index (χ3n) is 3.05. The Kier molecular flexibility index (Phi) is 3.24. The van der Waals surface area contributed by atoms with Crippen LogP contribution in [0.2, 0.25) is 0 Å². The Labute approximate surface area is 93.8 Å². The molecule has 2 unspecified atom stereocenters. The second kappa shape index (κ2) is 4.45. The van der Waals surface area contributed by atoms with E-state index in [4.69, 9.17) is 5.73 Å². The van der Waals surface area contributed by atoms with Crippen LogP contribution in [0.15, 0.2) is 28.7 Å². The van der Waals surface area contributed by atoms with Crippen molar-refractivity contribution in [1.82, 2.24) is 0 Å². The van der Waals surface area contributed by atoms with E-state index in [-0.39, 0.29) is 0 Å². The van der Waals surface area contributed by atoms with E-state index in [1.54, 1.807) is 0 Å². The minimum atomic E-state index is 0.447. The molecule has 1 saturated carbocycles. The molecule has 76 valence electrons. The molecule has 1 nitrogen and oxygen atoms in total. The van der Waals surface area contributed by atoms with Crippen molar-refractivity contribution >= 4 is 15.9 Å². The summed E-state index contributed by atoms with van der Waals surface area (Å²) in [6, 6.07) is 8.93. The van der Waals surface area contributed by atoms with Crippen LogP contribution in [0.5, 0.6) is 0 Å². The van der Waals surface area contributed by atoms with Gasteiger partial charge in [0.25, 0.3) is 0 Å². The van der Waals surface area contributed by atoms with E-state index in [1.807, 2.05) is 0 Å². The summed E-state index contributed by atoms with van der Waals surface area (Å²) in [5.74, 6) is 0.795. The molecule has 2 N–H and O–H groups in total. The highest BCUT2D eigenvalue weighted by atomic mass is 79.9. The fourth-order valence-corrected chi connectivity index (χ4v) is 2.72. The zero-order valence-electron chi connectivity index (χ0n) is 8.25. The van der Waals surface area contributed by atoms with Gasteiger partial charge in [-0.25, -0.2) is 0 Å². The third-order valence-corrected chi connectivity index (χ3v) is 3.82. The topological polar surface area (TPSA) is 26.0 Å². The van der Waals surface area contributed by atoms with Crippen LogP contribution in [0.1, 0.15) is 24.8 Å². The molecule has 0 bridgehead atoms. The van der Waals surface area contributed by atoms with Gasteiger partial charge in [0.05, 0.1) is 0 Å². The Morgan fingerprint density at radius 3 is 2.71 bits per heavy atom. The molecule has 0 heterocycles. The van der Waals surface area contributed by atoms with Gasteiger partial charge in [0.1, 0.15) is 0 Å². The summed E-state index contributed by atoms with van der Waals surface area (Å²) >= 11 is 3.59. The molecule has 1 aromatic carbocycles. The summed E-state index contributed by atoms with van der Waals surface area (Å²) in [5.41, 5.74) is 7.33. The van der Waals surface area contributed by atoms with Crippen LogP contribution in [0.4, 0.5) is 0 Å². The lowest BCUT2D eigenvalue weighted by molar-refractivity contribution is 0.534. The van der Waals surface area contributed by atoms with Gasteiger partial charge in [0.15, 0.2) is 0 Å². The zero-order valence-corrected chi connectivity index (χ0v) is 9.83. The number of benzene rings is 1. The standard InChI is InChI=1S/C12H16BrN/c13-12-4-2-1-3-10(12)7-9-5-6-11(14)8-9/h1-4,9,11H,5-8,14H2. The van der Waals surface area contributed by atoms with Crippen molar-refractivity contribution in [2.75, 3.05) is 0 Å². The van der Waals surface area contributed by atoms with Crippen molar-refractivity contribution in [2.45, 2.75) is 31.7 Å². The SMILES string of the molecule is NC1CCC(Cc2ccccc2Br)C1. The second-order valence-corrected chi connectivity index (χ2v) is 5.09. The molecule has 0 aromatic heterocycles. The Morgan fingerprint density at radius 1 is 1.29 bits per heavy atom. The maximum absolute atomic E-state index is 5.91. The highest BCUT2D eigenvalue weighted by Crippen LogP contribution is 2.29.